The Morgan fingerprint density at radius 2 is 1.19 bits per heavy atom. The molecule has 2 nitrogen and oxygen atoms in total. The minimum atomic E-state index is -0.350. The van der Waals surface area contributed by atoms with E-state index < -0.39 is 0 Å². The molecule has 0 amide bonds. The van der Waals surface area contributed by atoms with Crippen molar-refractivity contribution in [3.8, 4) is 22.3 Å². The first-order valence-electron chi connectivity index (χ1n) is 13.1. The zero-order valence-electron chi connectivity index (χ0n) is 22.3. The van der Waals surface area contributed by atoms with Crippen LogP contribution >= 0.6 is 11.3 Å². The summed E-state index contributed by atoms with van der Waals surface area (Å²) in [6.07, 6.45) is 0. The third-order valence-corrected chi connectivity index (χ3v) is 10.1. The summed E-state index contributed by atoms with van der Waals surface area (Å²) in [5.74, 6) is 0. The lowest BCUT2D eigenvalue weighted by Gasteiger charge is -2.32. The Morgan fingerprint density at radius 1 is 0.595 bits per heavy atom. The molecule has 0 saturated carbocycles. The van der Waals surface area contributed by atoms with Crippen LogP contribution in [0.3, 0.4) is 0 Å². The van der Waals surface area contributed by atoms with E-state index in [9.17, 15) is 0 Å². The Morgan fingerprint density at radius 3 is 1.95 bits per heavy atom. The van der Waals surface area contributed by atoms with Gasteiger partial charge in [0, 0.05) is 25.6 Å². The molecule has 7 rings (SSSR count). The van der Waals surface area contributed by atoms with E-state index in [2.05, 4.69) is 120 Å². The van der Waals surface area contributed by atoms with Gasteiger partial charge in [-0.25, -0.2) is 0 Å². The summed E-state index contributed by atoms with van der Waals surface area (Å²) >= 11 is 1.87. The number of rotatable bonds is 2. The highest BCUT2D eigenvalue weighted by Crippen LogP contribution is 2.50. The van der Waals surface area contributed by atoms with Gasteiger partial charge in [-0.1, -0.05) is 68.4 Å². The highest BCUT2D eigenvalue weighted by atomic mass is 32.1. The number of hydrogen-bond donors (Lipinski definition) is 0. The van der Waals surface area contributed by atoms with Crippen molar-refractivity contribution in [3.63, 3.8) is 0 Å². The van der Waals surface area contributed by atoms with Crippen LogP contribution in [0.2, 0.25) is 0 Å². The van der Waals surface area contributed by atoms with Gasteiger partial charge >= 0.3 is 7.12 Å². The van der Waals surface area contributed by atoms with Crippen molar-refractivity contribution in [2.45, 2.75) is 58.2 Å². The zero-order chi connectivity index (χ0) is 25.7. The van der Waals surface area contributed by atoms with Crippen molar-refractivity contribution in [1.82, 2.24) is 0 Å². The van der Waals surface area contributed by atoms with Gasteiger partial charge in [-0.05, 0) is 90.8 Å². The van der Waals surface area contributed by atoms with Gasteiger partial charge in [0.25, 0.3) is 0 Å². The molecule has 37 heavy (non-hydrogen) atoms. The van der Waals surface area contributed by atoms with Crippen LogP contribution in [0.1, 0.15) is 52.7 Å². The first-order valence-corrected chi connectivity index (χ1v) is 13.9. The molecule has 0 bridgehead atoms. The molecular weight excluding hydrogens is 471 g/mol. The predicted octanol–water partition coefficient (Wildman–Crippen LogP) is 8.33. The van der Waals surface area contributed by atoms with Gasteiger partial charge in [0.1, 0.15) is 0 Å². The monoisotopic (exact) mass is 502 g/mol. The highest BCUT2D eigenvalue weighted by Gasteiger charge is 2.52. The van der Waals surface area contributed by atoms with E-state index in [1.807, 2.05) is 11.3 Å². The van der Waals surface area contributed by atoms with Crippen molar-refractivity contribution >= 4 is 44.1 Å². The fraction of sp³-hybridized carbons (Fsp3) is 0.273. The van der Waals surface area contributed by atoms with Gasteiger partial charge in [0.05, 0.1) is 11.2 Å². The minimum Gasteiger partial charge on any atom is -0.399 e. The van der Waals surface area contributed by atoms with Crippen molar-refractivity contribution in [2.75, 3.05) is 0 Å². The lowest BCUT2D eigenvalue weighted by molar-refractivity contribution is 0.00578. The van der Waals surface area contributed by atoms with Crippen molar-refractivity contribution < 1.29 is 9.31 Å². The molecule has 0 unspecified atom stereocenters. The average Bonchev–Trinajstić information content (AvgIpc) is 3.43. The van der Waals surface area contributed by atoms with E-state index in [1.165, 1.54) is 53.6 Å². The fourth-order valence-electron chi connectivity index (χ4n) is 5.97. The molecular formula is C33H31BO2S. The van der Waals surface area contributed by atoms with Crippen LogP contribution in [0.4, 0.5) is 0 Å². The second-order valence-electron chi connectivity index (χ2n) is 12.1. The fourth-order valence-corrected chi connectivity index (χ4v) is 7.05. The van der Waals surface area contributed by atoms with E-state index in [0.717, 1.165) is 5.46 Å². The van der Waals surface area contributed by atoms with Crippen LogP contribution in [0.15, 0.2) is 78.9 Å². The third kappa shape index (κ3) is 3.32. The Hall–Kier alpha value is -2.92. The molecule has 0 N–H and O–H groups in total. The second-order valence-corrected chi connectivity index (χ2v) is 13.2. The summed E-state index contributed by atoms with van der Waals surface area (Å²) in [5.41, 5.74) is 8.17. The largest absolute Gasteiger partial charge is 0.494 e. The maximum absolute atomic E-state index is 6.37. The molecule has 1 aromatic heterocycles. The topological polar surface area (TPSA) is 18.5 Å². The van der Waals surface area contributed by atoms with Crippen molar-refractivity contribution in [2.24, 2.45) is 0 Å². The van der Waals surface area contributed by atoms with E-state index in [-0.39, 0.29) is 23.7 Å². The summed E-state index contributed by atoms with van der Waals surface area (Å²) in [6, 6.07) is 29.3. The van der Waals surface area contributed by atoms with E-state index >= 15 is 0 Å². The summed E-state index contributed by atoms with van der Waals surface area (Å²) in [4.78, 5) is 0. The summed E-state index contributed by atoms with van der Waals surface area (Å²) in [7, 11) is -0.350. The molecule has 4 heteroatoms. The maximum atomic E-state index is 6.37. The SMILES string of the molecule is CC1(C)c2cc(B3OC(C)(C)C(C)(C)O3)ccc2-c2ccc(-c3ccc4sc5ccccc5c4c3)cc21. The molecule has 0 atom stereocenters. The van der Waals surface area contributed by atoms with Gasteiger partial charge in [-0.15, -0.1) is 11.3 Å². The summed E-state index contributed by atoms with van der Waals surface area (Å²) in [6.45, 7) is 13.1. The van der Waals surface area contributed by atoms with E-state index in [4.69, 9.17) is 9.31 Å². The molecule has 0 radical (unpaired) electrons. The van der Waals surface area contributed by atoms with E-state index in [1.54, 1.807) is 0 Å². The number of thiophene rings is 1. The quantitative estimate of drug-likeness (QED) is 0.226. The number of fused-ring (bicyclic) bond motifs is 6. The van der Waals surface area contributed by atoms with Crippen LogP contribution in [-0.4, -0.2) is 18.3 Å². The van der Waals surface area contributed by atoms with E-state index in [0.29, 0.717) is 0 Å². The number of benzene rings is 4. The number of hydrogen-bond acceptors (Lipinski definition) is 3. The van der Waals surface area contributed by atoms with Crippen molar-refractivity contribution in [1.29, 1.82) is 0 Å². The van der Waals surface area contributed by atoms with Crippen LogP contribution in [0.25, 0.3) is 42.4 Å². The molecule has 1 fully saturated rings. The molecule has 1 aliphatic heterocycles. The lowest BCUT2D eigenvalue weighted by atomic mass is 9.74. The van der Waals surface area contributed by atoms with Gasteiger partial charge in [-0.3, -0.25) is 0 Å². The van der Waals surface area contributed by atoms with Crippen molar-refractivity contribution in [3.05, 3.63) is 90.0 Å². The maximum Gasteiger partial charge on any atom is 0.494 e. The average molecular weight is 502 g/mol. The smallest absolute Gasteiger partial charge is 0.399 e. The first-order chi connectivity index (χ1) is 17.5. The van der Waals surface area contributed by atoms with Gasteiger partial charge in [-0.2, -0.15) is 0 Å². The summed E-state index contributed by atoms with van der Waals surface area (Å²) < 4.78 is 15.4. The standard InChI is InChI=1S/C33H31BO2S/c1-31(2)27-18-21(20-12-16-30-26(17-20)25-9-7-8-10-29(25)37-30)11-14-23(27)24-15-13-22(19-28(24)31)34-35-32(3,4)33(5,6)36-34/h7-19H,1-6H3. The molecule has 1 aliphatic carbocycles. The van der Waals surface area contributed by atoms with Gasteiger partial charge in [0.2, 0.25) is 0 Å². The normalized spacial score (nSPS) is 18.9. The van der Waals surface area contributed by atoms with Gasteiger partial charge in [0.15, 0.2) is 0 Å². The molecule has 0 spiro atoms. The summed E-state index contributed by atoms with van der Waals surface area (Å²) in [5, 5.41) is 2.68. The van der Waals surface area contributed by atoms with Crippen LogP contribution in [-0.2, 0) is 14.7 Å². The second kappa shape index (κ2) is 7.57. The molecule has 2 aliphatic rings. The van der Waals surface area contributed by atoms with Crippen LogP contribution < -0.4 is 5.46 Å². The highest BCUT2D eigenvalue weighted by molar-refractivity contribution is 7.25. The minimum absolute atomic E-state index is 0.112. The Kier molecular flexibility index (Phi) is 4.75. The molecule has 184 valence electrons. The Bertz CT molecular complexity index is 1710. The van der Waals surface area contributed by atoms with Crippen LogP contribution in [0, 0.1) is 0 Å². The van der Waals surface area contributed by atoms with Gasteiger partial charge < -0.3 is 9.31 Å². The predicted molar refractivity (Wildman–Crippen MR) is 158 cm³/mol. The Labute approximate surface area is 223 Å². The lowest BCUT2D eigenvalue weighted by Crippen LogP contribution is -2.41. The first kappa shape index (κ1) is 23.2. The molecule has 2 heterocycles. The van der Waals surface area contributed by atoms with Crippen LogP contribution in [0.5, 0.6) is 0 Å². The molecule has 4 aromatic carbocycles. The third-order valence-electron chi connectivity index (χ3n) is 8.94. The Balaban J connectivity index is 1.29. The molecule has 1 saturated heterocycles. The molecule has 5 aromatic rings. The zero-order valence-corrected chi connectivity index (χ0v) is 23.1.